The first-order valence-corrected chi connectivity index (χ1v) is 8.49. The van der Waals surface area contributed by atoms with Gasteiger partial charge in [-0.3, -0.25) is 4.79 Å². The Morgan fingerprint density at radius 2 is 1.50 bits per heavy atom. The van der Waals surface area contributed by atoms with Crippen molar-refractivity contribution in [2.75, 3.05) is 50.1 Å². The minimum Gasteiger partial charge on any atom is -0.378 e. The van der Waals surface area contributed by atoms with Gasteiger partial charge in [0.25, 0.3) is 5.91 Å². The molecule has 1 heterocycles. The van der Waals surface area contributed by atoms with Gasteiger partial charge in [0.1, 0.15) is 0 Å². The number of nitrogens with zero attached hydrogens (tertiary/aromatic N) is 3. The van der Waals surface area contributed by atoms with Crippen molar-refractivity contribution >= 4 is 28.9 Å². The van der Waals surface area contributed by atoms with E-state index in [2.05, 4.69) is 34.1 Å². The van der Waals surface area contributed by atoms with E-state index < -0.39 is 0 Å². The average molecular weight is 344 g/mol. The van der Waals surface area contributed by atoms with Gasteiger partial charge < -0.3 is 14.7 Å². The van der Waals surface area contributed by atoms with Gasteiger partial charge in [-0.1, -0.05) is 11.6 Å². The van der Waals surface area contributed by atoms with Crippen LogP contribution in [-0.4, -0.2) is 51.1 Å². The maximum absolute atomic E-state index is 12.5. The van der Waals surface area contributed by atoms with Crippen molar-refractivity contribution in [2.45, 2.75) is 0 Å². The van der Waals surface area contributed by atoms with Crippen LogP contribution in [0.4, 0.5) is 11.4 Å². The van der Waals surface area contributed by atoms with Crippen molar-refractivity contribution in [1.82, 2.24) is 4.90 Å². The zero-order valence-electron chi connectivity index (χ0n) is 14.1. The number of anilines is 2. The molecule has 0 atom stereocenters. The summed E-state index contributed by atoms with van der Waals surface area (Å²) >= 11 is 5.89. The molecule has 0 N–H and O–H groups in total. The summed E-state index contributed by atoms with van der Waals surface area (Å²) in [4.78, 5) is 18.9. The Bertz CT molecular complexity index is 690. The fraction of sp³-hybridized carbons (Fsp3) is 0.316. The summed E-state index contributed by atoms with van der Waals surface area (Å²) in [5, 5.41) is 0.651. The molecule has 0 aliphatic carbocycles. The normalized spacial score (nSPS) is 14.6. The molecule has 0 aromatic heterocycles. The molecule has 1 amide bonds. The van der Waals surface area contributed by atoms with E-state index in [1.165, 1.54) is 11.4 Å². The molecule has 0 bridgehead atoms. The highest BCUT2D eigenvalue weighted by Crippen LogP contribution is 2.21. The molecule has 4 nitrogen and oxygen atoms in total. The van der Waals surface area contributed by atoms with Gasteiger partial charge in [0.05, 0.1) is 0 Å². The largest absolute Gasteiger partial charge is 0.378 e. The van der Waals surface area contributed by atoms with Crippen LogP contribution in [0.15, 0.2) is 48.5 Å². The Balaban J connectivity index is 1.61. The lowest BCUT2D eigenvalue weighted by Crippen LogP contribution is -2.48. The third-order valence-corrected chi connectivity index (χ3v) is 4.64. The predicted octanol–water partition coefficient (Wildman–Crippen LogP) is 3.37. The fourth-order valence-electron chi connectivity index (χ4n) is 2.90. The standard InChI is InChI=1S/C19H22ClN3O/c1-21(2)17-7-9-18(10-8-17)22-11-13-23(14-12-22)19(24)15-3-5-16(20)6-4-15/h3-10H,11-14H2,1-2H3. The van der Waals surface area contributed by atoms with Crippen molar-refractivity contribution in [3.05, 3.63) is 59.1 Å². The van der Waals surface area contributed by atoms with Crippen LogP contribution < -0.4 is 9.80 Å². The predicted molar refractivity (Wildman–Crippen MR) is 100 cm³/mol. The van der Waals surface area contributed by atoms with Crippen LogP contribution in [0.5, 0.6) is 0 Å². The van der Waals surface area contributed by atoms with Crippen LogP contribution in [-0.2, 0) is 0 Å². The highest BCUT2D eigenvalue weighted by atomic mass is 35.5. The molecule has 0 unspecified atom stereocenters. The number of hydrogen-bond acceptors (Lipinski definition) is 3. The molecule has 0 radical (unpaired) electrons. The second-order valence-electron chi connectivity index (χ2n) is 6.20. The van der Waals surface area contributed by atoms with Crippen LogP contribution in [0.2, 0.25) is 5.02 Å². The van der Waals surface area contributed by atoms with E-state index in [1.807, 2.05) is 19.0 Å². The lowest BCUT2D eigenvalue weighted by Gasteiger charge is -2.36. The van der Waals surface area contributed by atoms with Crippen molar-refractivity contribution in [2.24, 2.45) is 0 Å². The topological polar surface area (TPSA) is 26.8 Å². The van der Waals surface area contributed by atoms with E-state index in [-0.39, 0.29) is 5.91 Å². The Morgan fingerprint density at radius 3 is 2.04 bits per heavy atom. The Hall–Kier alpha value is -2.20. The molecule has 126 valence electrons. The van der Waals surface area contributed by atoms with Crippen molar-refractivity contribution in [3.63, 3.8) is 0 Å². The number of halogens is 1. The summed E-state index contributed by atoms with van der Waals surface area (Å²) < 4.78 is 0. The number of carbonyl (C=O) groups is 1. The molecule has 24 heavy (non-hydrogen) atoms. The lowest BCUT2D eigenvalue weighted by atomic mass is 10.1. The molecule has 1 aliphatic heterocycles. The number of rotatable bonds is 3. The van der Waals surface area contributed by atoms with E-state index in [0.717, 1.165) is 26.2 Å². The molecule has 3 rings (SSSR count). The molecule has 0 spiro atoms. The maximum Gasteiger partial charge on any atom is 0.253 e. The average Bonchev–Trinajstić information content (AvgIpc) is 2.62. The molecule has 1 aliphatic rings. The number of amides is 1. The second-order valence-corrected chi connectivity index (χ2v) is 6.63. The second kappa shape index (κ2) is 7.14. The van der Waals surface area contributed by atoms with Crippen LogP contribution in [0.25, 0.3) is 0 Å². The number of benzene rings is 2. The quantitative estimate of drug-likeness (QED) is 0.855. The van der Waals surface area contributed by atoms with Crippen molar-refractivity contribution in [3.8, 4) is 0 Å². The van der Waals surface area contributed by atoms with Crippen LogP contribution in [0.3, 0.4) is 0 Å². The molecule has 1 fully saturated rings. The van der Waals surface area contributed by atoms with Gasteiger partial charge in [-0.05, 0) is 48.5 Å². The first-order valence-electron chi connectivity index (χ1n) is 8.12. The molecule has 5 heteroatoms. The van der Waals surface area contributed by atoms with Crippen molar-refractivity contribution < 1.29 is 4.79 Å². The molecule has 0 saturated carbocycles. The van der Waals surface area contributed by atoms with E-state index >= 15 is 0 Å². The van der Waals surface area contributed by atoms with Crippen LogP contribution >= 0.6 is 11.6 Å². The van der Waals surface area contributed by atoms with E-state index in [1.54, 1.807) is 24.3 Å². The van der Waals surface area contributed by atoms with E-state index in [4.69, 9.17) is 11.6 Å². The van der Waals surface area contributed by atoms with Crippen LogP contribution in [0, 0.1) is 0 Å². The summed E-state index contributed by atoms with van der Waals surface area (Å²) in [6.45, 7) is 3.16. The zero-order chi connectivity index (χ0) is 17.1. The van der Waals surface area contributed by atoms with Crippen molar-refractivity contribution in [1.29, 1.82) is 0 Å². The SMILES string of the molecule is CN(C)c1ccc(N2CCN(C(=O)c3ccc(Cl)cc3)CC2)cc1. The molecule has 2 aromatic carbocycles. The minimum atomic E-state index is 0.0780. The summed E-state index contributed by atoms with van der Waals surface area (Å²) in [6.07, 6.45) is 0. The molecule has 1 saturated heterocycles. The summed E-state index contributed by atoms with van der Waals surface area (Å²) in [7, 11) is 4.08. The van der Waals surface area contributed by atoms with Gasteiger partial charge in [-0.25, -0.2) is 0 Å². The first-order chi connectivity index (χ1) is 11.5. The van der Waals surface area contributed by atoms with E-state index in [0.29, 0.717) is 10.6 Å². The maximum atomic E-state index is 12.5. The van der Waals surface area contributed by atoms with Gasteiger partial charge in [0.2, 0.25) is 0 Å². The third kappa shape index (κ3) is 3.65. The lowest BCUT2D eigenvalue weighted by molar-refractivity contribution is 0.0747. The van der Waals surface area contributed by atoms with Gasteiger partial charge in [-0.15, -0.1) is 0 Å². The smallest absolute Gasteiger partial charge is 0.253 e. The summed E-state index contributed by atoms with van der Waals surface area (Å²) in [5.41, 5.74) is 3.10. The van der Waals surface area contributed by atoms with Gasteiger partial charge in [0, 0.05) is 62.2 Å². The first kappa shape index (κ1) is 16.7. The number of hydrogen-bond donors (Lipinski definition) is 0. The summed E-state index contributed by atoms with van der Waals surface area (Å²) in [5.74, 6) is 0.0780. The highest BCUT2D eigenvalue weighted by Gasteiger charge is 2.22. The van der Waals surface area contributed by atoms with Gasteiger partial charge in [-0.2, -0.15) is 0 Å². The molecular formula is C19H22ClN3O. The third-order valence-electron chi connectivity index (χ3n) is 4.39. The number of carbonyl (C=O) groups excluding carboxylic acids is 1. The Morgan fingerprint density at radius 1 is 0.917 bits per heavy atom. The highest BCUT2D eigenvalue weighted by molar-refractivity contribution is 6.30. The van der Waals surface area contributed by atoms with E-state index in [9.17, 15) is 4.79 Å². The number of piperazine rings is 1. The molecular weight excluding hydrogens is 322 g/mol. The van der Waals surface area contributed by atoms with Gasteiger partial charge in [0.15, 0.2) is 0 Å². The van der Waals surface area contributed by atoms with Crippen LogP contribution in [0.1, 0.15) is 10.4 Å². The Labute approximate surface area is 148 Å². The monoisotopic (exact) mass is 343 g/mol. The Kier molecular flexibility index (Phi) is 4.95. The fourth-order valence-corrected chi connectivity index (χ4v) is 3.03. The summed E-state index contributed by atoms with van der Waals surface area (Å²) in [6, 6.07) is 15.6. The van der Waals surface area contributed by atoms with Gasteiger partial charge >= 0.3 is 0 Å². The zero-order valence-corrected chi connectivity index (χ0v) is 14.8. The minimum absolute atomic E-state index is 0.0780. The molecule has 2 aromatic rings.